The van der Waals surface area contributed by atoms with E-state index in [1.807, 2.05) is 0 Å². The lowest BCUT2D eigenvalue weighted by Crippen LogP contribution is -2.40. The fourth-order valence-electron chi connectivity index (χ4n) is 2.62. The van der Waals surface area contributed by atoms with Crippen molar-refractivity contribution in [2.24, 2.45) is 5.73 Å². The smallest absolute Gasteiger partial charge is 0.244 e. The van der Waals surface area contributed by atoms with Gasteiger partial charge in [0.05, 0.1) is 20.5 Å². The van der Waals surface area contributed by atoms with Crippen LogP contribution in [-0.4, -0.2) is 36.7 Å². The van der Waals surface area contributed by atoms with Gasteiger partial charge < -0.3 is 25.4 Å². The van der Waals surface area contributed by atoms with Crippen LogP contribution in [0.25, 0.3) is 0 Å². The Kier molecular flexibility index (Phi) is 5.49. The summed E-state index contributed by atoms with van der Waals surface area (Å²) in [6, 6.07) is 6.79. The molecule has 0 bridgehead atoms. The van der Waals surface area contributed by atoms with Gasteiger partial charge in [0.2, 0.25) is 18.6 Å². The summed E-state index contributed by atoms with van der Waals surface area (Å²) in [5, 5.41) is 10.3. The highest BCUT2D eigenvalue weighted by molar-refractivity contribution is 8.02. The van der Waals surface area contributed by atoms with E-state index < -0.39 is 0 Å². The number of rotatable bonds is 4. The van der Waals surface area contributed by atoms with Crippen LogP contribution in [0.2, 0.25) is 0 Å². The van der Waals surface area contributed by atoms with Gasteiger partial charge in [-0.05, 0) is 18.2 Å². The molecule has 2 aromatic rings. The number of nitrogens with one attached hydrogen (secondary N) is 2. The van der Waals surface area contributed by atoms with E-state index in [9.17, 15) is 9.59 Å². The van der Waals surface area contributed by atoms with Crippen LogP contribution in [-0.2, 0) is 9.59 Å². The van der Waals surface area contributed by atoms with Gasteiger partial charge in [-0.1, -0.05) is 0 Å². The van der Waals surface area contributed by atoms with E-state index in [4.69, 9.17) is 20.6 Å². The fourth-order valence-corrected chi connectivity index (χ4v) is 4.78. The van der Waals surface area contributed by atoms with E-state index in [0.717, 1.165) is 4.21 Å². The summed E-state index contributed by atoms with van der Waals surface area (Å²) in [5.74, 6) is 0.914. The fraction of sp³-hybridized carbons (Fsp3) is 0.188. The van der Waals surface area contributed by atoms with Crippen molar-refractivity contribution in [3.8, 4) is 11.5 Å². The molecule has 0 aliphatic carbocycles. The molecule has 4 N–H and O–H groups in total. The van der Waals surface area contributed by atoms with Crippen molar-refractivity contribution in [3.05, 3.63) is 29.1 Å². The van der Waals surface area contributed by atoms with Crippen LogP contribution >= 0.6 is 35.5 Å². The number of nitrogens with two attached hydrogens (primary N) is 1. The van der Waals surface area contributed by atoms with E-state index >= 15 is 0 Å². The number of benzene rings is 1. The largest absolute Gasteiger partial charge is 0.454 e. The van der Waals surface area contributed by atoms with E-state index in [2.05, 4.69) is 5.32 Å². The molecule has 8 nitrogen and oxygen atoms in total. The van der Waals surface area contributed by atoms with Gasteiger partial charge in [-0.3, -0.25) is 15.0 Å². The number of ether oxygens (including phenoxy) is 2. The third kappa shape index (κ3) is 3.82. The Morgan fingerprint density at radius 3 is 2.85 bits per heavy atom. The Balaban J connectivity index is 0.00000210. The minimum atomic E-state index is -0.328. The Hall–Kier alpha value is -2.43. The summed E-state index contributed by atoms with van der Waals surface area (Å²) < 4.78 is 11.4. The number of carbonyl (C=O) groups is 2. The number of amidine groups is 1. The van der Waals surface area contributed by atoms with Crippen LogP contribution in [0.4, 0.5) is 11.4 Å². The lowest BCUT2D eigenvalue weighted by atomic mass is 10.2. The van der Waals surface area contributed by atoms with Crippen LogP contribution < -0.4 is 25.4 Å². The number of amides is 2. The number of thiophene rings is 1. The number of nitrogens with zero attached hydrogens (tertiary/aromatic N) is 1. The highest BCUT2D eigenvalue weighted by Crippen LogP contribution is 2.42. The van der Waals surface area contributed by atoms with Gasteiger partial charge in [0, 0.05) is 11.8 Å². The predicted molar refractivity (Wildman–Crippen MR) is 107 cm³/mol. The number of hydrogen-bond acceptors (Lipinski definition) is 7. The molecule has 0 fully saturated rings. The van der Waals surface area contributed by atoms with Crippen molar-refractivity contribution in [1.82, 2.24) is 0 Å². The van der Waals surface area contributed by atoms with Gasteiger partial charge in [0.25, 0.3) is 0 Å². The van der Waals surface area contributed by atoms with Crippen LogP contribution in [0.5, 0.6) is 11.5 Å². The molecule has 0 saturated carbocycles. The first-order valence-corrected chi connectivity index (χ1v) is 9.42. The Morgan fingerprint density at radius 2 is 2.07 bits per heavy atom. The molecule has 2 aliphatic rings. The molecule has 11 heteroatoms. The Bertz CT molecular complexity index is 933. The summed E-state index contributed by atoms with van der Waals surface area (Å²) in [6.07, 6.45) is 0. The van der Waals surface area contributed by atoms with Crippen molar-refractivity contribution in [2.45, 2.75) is 4.21 Å². The van der Waals surface area contributed by atoms with Crippen molar-refractivity contribution < 1.29 is 19.1 Å². The summed E-state index contributed by atoms with van der Waals surface area (Å²) in [5.41, 5.74) is 6.72. The normalized spacial score (nSPS) is 14.4. The molecule has 142 valence electrons. The maximum Gasteiger partial charge on any atom is 0.244 e. The van der Waals surface area contributed by atoms with Crippen molar-refractivity contribution in [1.29, 1.82) is 5.41 Å². The number of anilines is 2. The van der Waals surface area contributed by atoms with E-state index in [1.54, 1.807) is 24.3 Å². The van der Waals surface area contributed by atoms with Gasteiger partial charge >= 0.3 is 0 Å². The number of thioether (sulfide) groups is 1. The molecule has 2 amide bonds. The van der Waals surface area contributed by atoms with Crippen LogP contribution in [0.15, 0.2) is 28.5 Å². The summed E-state index contributed by atoms with van der Waals surface area (Å²) in [6.45, 7) is 0.0427. The number of carbonyl (C=O) groups excluding carboxylic acids is 2. The van der Waals surface area contributed by atoms with Crippen LogP contribution in [0, 0.1) is 5.41 Å². The summed E-state index contributed by atoms with van der Waals surface area (Å²) in [7, 11) is 0. The second kappa shape index (κ2) is 7.67. The standard InChI is InChI=1S/C16H14N4O4S2.ClH/c17-15(18)12-4-9-16(26-12)25-6-14(22)20(9)5-13(21)19-8-1-2-10-11(3-8)24-7-23-10;/h1-4H,5-7H2,(H3,17,18)(H,19,21);1H. The first-order chi connectivity index (χ1) is 12.5. The quantitative estimate of drug-likeness (QED) is 0.509. The number of nitrogen functional groups attached to an aromatic ring is 1. The SMILES string of the molecule is Cl.N=C(N)c1cc2c(s1)SCC(=O)N2CC(=O)Nc1ccc2c(c1)OCO2. The molecule has 0 atom stereocenters. The lowest BCUT2D eigenvalue weighted by molar-refractivity contribution is -0.120. The molecule has 4 rings (SSSR count). The molecular formula is C16H15ClN4O4S2. The zero-order chi connectivity index (χ0) is 18.3. The minimum absolute atomic E-state index is 0. The highest BCUT2D eigenvalue weighted by atomic mass is 35.5. The average Bonchev–Trinajstić information content (AvgIpc) is 3.23. The maximum absolute atomic E-state index is 12.4. The summed E-state index contributed by atoms with van der Waals surface area (Å²) >= 11 is 2.75. The van der Waals surface area contributed by atoms with E-state index in [1.165, 1.54) is 28.0 Å². The van der Waals surface area contributed by atoms with Gasteiger partial charge in [-0.25, -0.2) is 0 Å². The van der Waals surface area contributed by atoms with Gasteiger partial charge in [0.15, 0.2) is 11.5 Å². The molecule has 0 radical (unpaired) electrons. The Morgan fingerprint density at radius 1 is 1.30 bits per heavy atom. The molecule has 3 heterocycles. The van der Waals surface area contributed by atoms with Crippen LogP contribution in [0.1, 0.15) is 4.88 Å². The number of halogens is 1. The first kappa shape index (κ1) is 19.3. The van der Waals surface area contributed by atoms with E-state index in [-0.39, 0.29) is 49.1 Å². The third-order valence-corrected chi connectivity index (χ3v) is 6.24. The van der Waals surface area contributed by atoms with Crippen molar-refractivity contribution >= 4 is 64.5 Å². The molecule has 2 aliphatic heterocycles. The molecule has 1 aromatic heterocycles. The molecule has 0 spiro atoms. The molecule has 0 unspecified atom stereocenters. The van der Waals surface area contributed by atoms with Gasteiger partial charge in [0.1, 0.15) is 12.4 Å². The number of fused-ring (bicyclic) bond motifs is 2. The topological polar surface area (TPSA) is 118 Å². The summed E-state index contributed by atoms with van der Waals surface area (Å²) in [4.78, 5) is 26.7. The lowest BCUT2D eigenvalue weighted by Gasteiger charge is -2.25. The zero-order valence-electron chi connectivity index (χ0n) is 13.8. The van der Waals surface area contributed by atoms with Crippen molar-refractivity contribution in [3.63, 3.8) is 0 Å². The monoisotopic (exact) mass is 426 g/mol. The second-order valence-electron chi connectivity index (χ2n) is 5.58. The molecule has 0 saturated heterocycles. The number of hydrogen-bond donors (Lipinski definition) is 3. The predicted octanol–water partition coefficient (Wildman–Crippen LogP) is 2.26. The highest BCUT2D eigenvalue weighted by Gasteiger charge is 2.29. The third-order valence-electron chi connectivity index (χ3n) is 3.82. The van der Waals surface area contributed by atoms with Crippen molar-refractivity contribution in [2.75, 3.05) is 29.3 Å². The van der Waals surface area contributed by atoms with E-state index in [0.29, 0.717) is 27.8 Å². The van der Waals surface area contributed by atoms with Crippen LogP contribution in [0.3, 0.4) is 0 Å². The van der Waals surface area contributed by atoms with Gasteiger partial charge in [-0.2, -0.15) is 0 Å². The molecular weight excluding hydrogens is 412 g/mol. The zero-order valence-corrected chi connectivity index (χ0v) is 16.3. The maximum atomic E-state index is 12.4. The first-order valence-electron chi connectivity index (χ1n) is 7.62. The minimum Gasteiger partial charge on any atom is -0.454 e. The Labute approximate surface area is 168 Å². The van der Waals surface area contributed by atoms with Gasteiger partial charge in [-0.15, -0.1) is 35.5 Å². The second-order valence-corrected chi connectivity index (χ2v) is 7.88. The average molecular weight is 427 g/mol. The molecule has 1 aromatic carbocycles. The molecule has 27 heavy (non-hydrogen) atoms.